The molecule has 2 fully saturated rings. The molecular formula is C15H20O4. The third-order valence-electron chi connectivity index (χ3n) is 4.10. The molecule has 2 bridgehead atoms. The van der Waals surface area contributed by atoms with E-state index < -0.39 is 11.5 Å². The zero-order valence-electron chi connectivity index (χ0n) is 11.6. The van der Waals surface area contributed by atoms with Crippen LogP contribution in [-0.4, -0.2) is 23.6 Å². The highest BCUT2D eigenvalue weighted by Crippen LogP contribution is 2.48. The fourth-order valence-corrected chi connectivity index (χ4v) is 3.39. The van der Waals surface area contributed by atoms with E-state index in [0.717, 1.165) is 0 Å². The van der Waals surface area contributed by atoms with Crippen molar-refractivity contribution in [2.45, 2.75) is 51.7 Å². The van der Waals surface area contributed by atoms with E-state index in [4.69, 9.17) is 15.9 Å². The predicted molar refractivity (Wildman–Crippen MR) is 68.9 cm³/mol. The second-order valence-corrected chi connectivity index (χ2v) is 6.04. The molecule has 0 aromatic carbocycles. The summed E-state index contributed by atoms with van der Waals surface area (Å²) in [6.45, 7) is 5.68. The monoisotopic (exact) mass is 264 g/mol. The number of fused-ring (bicyclic) bond motifs is 2. The Morgan fingerprint density at radius 3 is 2.95 bits per heavy atom. The molecule has 2 aliphatic rings. The maximum absolute atomic E-state index is 12.2. The summed E-state index contributed by atoms with van der Waals surface area (Å²) in [6, 6.07) is 0. The quantitative estimate of drug-likeness (QED) is 0.577. The van der Waals surface area contributed by atoms with Gasteiger partial charge in [0.2, 0.25) is 0 Å². The molecule has 104 valence electrons. The van der Waals surface area contributed by atoms with Gasteiger partial charge >= 0.3 is 11.9 Å². The average molecular weight is 264 g/mol. The van der Waals surface area contributed by atoms with Gasteiger partial charge in [-0.2, -0.15) is 0 Å². The molecule has 0 amide bonds. The molecule has 0 spiro atoms. The number of carbonyl (C=O) groups excluding carboxylic acids is 2. The molecule has 1 aliphatic heterocycles. The third-order valence-corrected chi connectivity index (χ3v) is 4.10. The van der Waals surface area contributed by atoms with Gasteiger partial charge < -0.3 is 9.47 Å². The molecule has 2 rings (SSSR count). The molecule has 1 saturated heterocycles. The summed E-state index contributed by atoms with van der Waals surface area (Å²) in [4.78, 5) is 24.1. The second kappa shape index (κ2) is 4.88. The Hall–Kier alpha value is -1.50. The summed E-state index contributed by atoms with van der Waals surface area (Å²) in [6.07, 6.45) is 6.59. The Bertz CT molecular complexity index is 436. The number of terminal acetylenes is 1. The van der Waals surface area contributed by atoms with E-state index in [1.165, 1.54) is 0 Å². The molecule has 5 unspecified atom stereocenters. The highest BCUT2D eigenvalue weighted by molar-refractivity contribution is 5.84. The summed E-state index contributed by atoms with van der Waals surface area (Å²) in [5.74, 6) is 1.21. The SMILES string of the molecule is C#CCC(C)OC(=O)C1C(C)CC2(C)CC1C(=O)O2. The van der Waals surface area contributed by atoms with Crippen LogP contribution in [0.25, 0.3) is 0 Å². The number of ether oxygens (including phenoxy) is 2. The minimum Gasteiger partial charge on any atom is -0.461 e. The fourth-order valence-electron chi connectivity index (χ4n) is 3.39. The second-order valence-electron chi connectivity index (χ2n) is 6.04. The van der Waals surface area contributed by atoms with Crippen LogP contribution in [0, 0.1) is 30.1 Å². The summed E-state index contributed by atoms with van der Waals surface area (Å²) < 4.78 is 10.7. The lowest BCUT2D eigenvalue weighted by molar-refractivity contribution is -0.160. The van der Waals surface area contributed by atoms with Crippen molar-refractivity contribution in [3.05, 3.63) is 0 Å². The lowest BCUT2D eigenvalue weighted by Gasteiger charge is -2.35. The van der Waals surface area contributed by atoms with Gasteiger partial charge in [-0.1, -0.05) is 6.92 Å². The molecule has 0 radical (unpaired) electrons. The van der Waals surface area contributed by atoms with Crippen LogP contribution in [0.5, 0.6) is 0 Å². The van der Waals surface area contributed by atoms with Gasteiger partial charge in [0.05, 0.1) is 11.8 Å². The van der Waals surface area contributed by atoms with E-state index in [9.17, 15) is 9.59 Å². The summed E-state index contributed by atoms with van der Waals surface area (Å²) >= 11 is 0. The predicted octanol–water partition coefficient (Wildman–Crippen LogP) is 1.92. The van der Waals surface area contributed by atoms with Crippen LogP contribution in [0.4, 0.5) is 0 Å². The molecule has 5 atom stereocenters. The van der Waals surface area contributed by atoms with E-state index in [1.807, 2.05) is 13.8 Å². The van der Waals surface area contributed by atoms with Crippen molar-refractivity contribution in [2.75, 3.05) is 0 Å². The number of hydrogen-bond acceptors (Lipinski definition) is 4. The van der Waals surface area contributed by atoms with Crippen molar-refractivity contribution in [3.8, 4) is 12.3 Å². The van der Waals surface area contributed by atoms with Crippen LogP contribution in [-0.2, 0) is 19.1 Å². The first-order valence-electron chi connectivity index (χ1n) is 6.73. The standard InChI is InChI=1S/C15H20O4/c1-5-6-10(3)18-14(17)12-9(2)7-15(4)8-11(12)13(16)19-15/h1,9-12H,6-8H2,2-4H3. The summed E-state index contributed by atoms with van der Waals surface area (Å²) in [7, 11) is 0. The zero-order chi connectivity index (χ0) is 14.2. The topological polar surface area (TPSA) is 52.6 Å². The molecule has 0 aromatic rings. The van der Waals surface area contributed by atoms with E-state index in [-0.39, 0.29) is 29.9 Å². The number of hydrogen-bond donors (Lipinski definition) is 0. The fraction of sp³-hybridized carbons (Fsp3) is 0.733. The molecule has 0 N–H and O–H groups in total. The minimum absolute atomic E-state index is 0.0840. The molecule has 4 nitrogen and oxygen atoms in total. The lowest BCUT2D eigenvalue weighted by Crippen LogP contribution is -2.41. The number of esters is 2. The van der Waals surface area contributed by atoms with Gasteiger partial charge in [0.15, 0.2) is 0 Å². The molecule has 1 saturated carbocycles. The van der Waals surface area contributed by atoms with Crippen LogP contribution in [0.15, 0.2) is 0 Å². The molecule has 1 heterocycles. The van der Waals surface area contributed by atoms with Crippen LogP contribution in [0.2, 0.25) is 0 Å². The first kappa shape index (κ1) is 13.9. The van der Waals surface area contributed by atoms with Gasteiger partial charge in [-0.15, -0.1) is 12.3 Å². The molecule has 4 heteroatoms. The normalized spacial score (nSPS) is 38.2. The van der Waals surface area contributed by atoms with Gasteiger partial charge in [0, 0.05) is 12.8 Å². The molecule has 0 aromatic heterocycles. The van der Waals surface area contributed by atoms with E-state index in [2.05, 4.69) is 5.92 Å². The van der Waals surface area contributed by atoms with E-state index >= 15 is 0 Å². The Labute approximate surface area is 113 Å². The maximum atomic E-state index is 12.2. The van der Waals surface area contributed by atoms with Gasteiger partial charge in [0.25, 0.3) is 0 Å². The van der Waals surface area contributed by atoms with Crippen molar-refractivity contribution < 1.29 is 19.1 Å². The first-order chi connectivity index (χ1) is 8.86. The van der Waals surface area contributed by atoms with E-state index in [0.29, 0.717) is 19.3 Å². The van der Waals surface area contributed by atoms with Crippen LogP contribution >= 0.6 is 0 Å². The number of carbonyl (C=O) groups is 2. The van der Waals surface area contributed by atoms with Gasteiger partial charge in [-0.25, -0.2) is 0 Å². The summed E-state index contributed by atoms with van der Waals surface area (Å²) in [5, 5.41) is 0. The largest absolute Gasteiger partial charge is 0.461 e. The Morgan fingerprint density at radius 1 is 1.63 bits per heavy atom. The first-order valence-corrected chi connectivity index (χ1v) is 6.73. The van der Waals surface area contributed by atoms with Crippen molar-refractivity contribution in [2.24, 2.45) is 17.8 Å². The van der Waals surface area contributed by atoms with Crippen LogP contribution in [0.3, 0.4) is 0 Å². The van der Waals surface area contributed by atoms with Crippen molar-refractivity contribution >= 4 is 11.9 Å². The zero-order valence-corrected chi connectivity index (χ0v) is 11.6. The maximum Gasteiger partial charge on any atom is 0.310 e. The van der Waals surface area contributed by atoms with Crippen molar-refractivity contribution in [1.29, 1.82) is 0 Å². The molecule has 19 heavy (non-hydrogen) atoms. The van der Waals surface area contributed by atoms with Crippen LogP contribution < -0.4 is 0 Å². The average Bonchev–Trinajstić information content (AvgIpc) is 2.49. The Morgan fingerprint density at radius 2 is 2.32 bits per heavy atom. The highest BCUT2D eigenvalue weighted by Gasteiger charge is 2.56. The molecule has 1 aliphatic carbocycles. The van der Waals surface area contributed by atoms with Crippen molar-refractivity contribution in [1.82, 2.24) is 0 Å². The Kier molecular flexibility index (Phi) is 3.58. The van der Waals surface area contributed by atoms with Crippen LogP contribution in [0.1, 0.15) is 40.0 Å². The Balaban J connectivity index is 2.09. The number of rotatable bonds is 3. The van der Waals surface area contributed by atoms with E-state index in [1.54, 1.807) is 6.92 Å². The van der Waals surface area contributed by atoms with Gasteiger partial charge in [-0.05, 0) is 26.2 Å². The summed E-state index contributed by atoms with van der Waals surface area (Å²) in [5.41, 5.74) is -0.400. The highest BCUT2D eigenvalue weighted by atomic mass is 16.6. The van der Waals surface area contributed by atoms with Crippen molar-refractivity contribution in [3.63, 3.8) is 0 Å². The van der Waals surface area contributed by atoms with Gasteiger partial charge in [0.1, 0.15) is 11.7 Å². The minimum atomic E-state index is -0.400. The lowest BCUT2D eigenvalue weighted by atomic mass is 9.69. The smallest absolute Gasteiger partial charge is 0.310 e. The van der Waals surface area contributed by atoms with Gasteiger partial charge in [-0.3, -0.25) is 9.59 Å². The third kappa shape index (κ3) is 2.60. The molecular weight excluding hydrogens is 244 g/mol.